The van der Waals surface area contributed by atoms with Gasteiger partial charge in [-0.05, 0) is 25.5 Å². The van der Waals surface area contributed by atoms with Crippen LogP contribution < -0.4 is 0 Å². The van der Waals surface area contributed by atoms with Crippen molar-refractivity contribution >= 4 is 17.6 Å². The van der Waals surface area contributed by atoms with Gasteiger partial charge in [-0.25, -0.2) is 13.9 Å². The predicted octanol–water partition coefficient (Wildman–Crippen LogP) is 3.79. The number of hydrogen-bond donors (Lipinski definition) is 0. The number of ether oxygens (including phenoxy) is 1. The standard InChI is InChI=1S/C15H16ClFN2O2/c1-3-6-13-10(15(20)21-4-2)9-18-19(13)14-11(16)7-5-8-12(14)17/h5,7-9H,3-4,6H2,1-2H3. The van der Waals surface area contributed by atoms with E-state index in [4.69, 9.17) is 16.3 Å². The van der Waals surface area contributed by atoms with Crippen LogP contribution in [0.3, 0.4) is 0 Å². The molecule has 0 saturated heterocycles. The summed E-state index contributed by atoms with van der Waals surface area (Å²) in [6, 6.07) is 4.42. The molecule has 0 aliphatic rings. The lowest BCUT2D eigenvalue weighted by Crippen LogP contribution is -2.10. The Bertz CT molecular complexity index is 635. The van der Waals surface area contributed by atoms with Gasteiger partial charge >= 0.3 is 5.97 Å². The van der Waals surface area contributed by atoms with Gasteiger partial charge in [0.15, 0.2) is 0 Å². The van der Waals surface area contributed by atoms with E-state index < -0.39 is 11.8 Å². The highest BCUT2D eigenvalue weighted by Gasteiger charge is 2.21. The molecule has 0 atom stereocenters. The van der Waals surface area contributed by atoms with Crippen molar-refractivity contribution in [1.82, 2.24) is 9.78 Å². The summed E-state index contributed by atoms with van der Waals surface area (Å²) in [7, 11) is 0. The van der Waals surface area contributed by atoms with Gasteiger partial charge in [0.05, 0.1) is 23.5 Å². The second-order valence-corrected chi connectivity index (χ2v) is 4.86. The number of hydrogen-bond acceptors (Lipinski definition) is 3. The molecule has 2 rings (SSSR count). The molecule has 112 valence electrons. The van der Waals surface area contributed by atoms with Crippen molar-refractivity contribution in [2.75, 3.05) is 6.61 Å². The maximum atomic E-state index is 14.1. The molecular formula is C15H16ClFN2O2. The molecule has 0 amide bonds. The van der Waals surface area contributed by atoms with Crippen molar-refractivity contribution in [2.24, 2.45) is 0 Å². The fraction of sp³-hybridized carbons (Fsp3) is 0.333. The normalized spacial score (nSPS) is 10.7. The van der Waals surface area contributed by atoms with Crippen molar-refractivity contribution in [1.29, 1.82) is 0 Å². The van der Waals surface area contributed by atoms with Gasteiger partial charge in [0.2, 0.25) is 0 Å². The molecule has 0 aliphatic carbocycles. The first-order valence-corrected chi connectivity index (χ1v) is 7.16. The number of benzene rings is 1. The van der Waals surface area contributed by atoms with Crippen LogP contribution in [-0.4, -0.2) is 22.4 Å². The molecule has 0 spiro atoms. The Morgan fingerprint density at radius 1 is 1.43 bits per heavy atom. The van der Waals surface area contributed by atoms with Gasteiger partial charge in [0.1, 0.15) is 17.1 Å². The zero-order chi connectivity index (χ0) is 15.4. The lowest BCUT2D eigenvalue weighted by atomic mass is 10.1. The van der Waals surface area contributed by atoms with Gasteiger partial charge in [-0.15, -0.1) is 0 Å². The van der Waals surface area contributed by atoms with Crippen molar-refractivity contribution in [2.45, 2.75) is 26.7 Å². The van der Waals surface area contributed by atoms with Crippen LogP contribution >= 0.6 is 11.6 Å². The van der Waals surface area contributed by atoms with Gasteiger partial charge in [-0.3, -0.25) is 0 Å². The summed E-state index contributed by atoms with van der Waals surface area (Å²) in [6.07, 6.45) is 2.74. The third kappa shape index (κ3) is 3.08. The Morgan fingerprint density at radius 3 is 2.81 bits per heavy atom. The maximum Gasteiger partial charge on any atom is 0.341 e. The molecule has 0 fully saturated rings. The summed E-state index contributed by atoms with van der Waals surface area (Å²) in [5.41, 5.74) is 1.10. The average Bonchev–Trinajstić information content (AvgIpc) is 2.83. The largest absolute Gasteiger partial charge is 0.462 e. The monoisotopic (exact) mass is 310 g/mol. The van der Waals surface area contributed by atoms with Gasteiger partial charge in [0, 0.05) is 0 Å². The number of nitrogens with zero attached hydrogens (tertiary/aromatic N) is 2. The van der Waals surface area contributed by atoms with Crippen LogP contribution in [-0.2, 0) is 11.2 Å². The van der Waals surface area contributed by atoms with Crippen molar-refractivity contribution in [3.05, 3.63) is 46.5 Å². The van der Waals surface area contributed by atoms with E-state index in [1.54, 1.807) is 13.0 Å². The van der Waals surface area contributed by atoms with Gasteiger partial charge < -0.3 is 4.74 Å². The minimum Gasteiger partial charge on any atom is -0.462 e. The summed E-state index contributed by atoms with van der Waals surface area (Å²) in [5.74, 6) is -0.946. The minimum absolute atomic E-state index is 0.151. The Morgan fingerprint density at radius 2 is 2.19 bits per heavy atom. The number of halogens is 2. The van der Waals surface area contributed by atoms with Crippen LogP contribution in [0.1, 0.15) is 36.3 Å². The van der Waals surface area contributed by atoms with E-state index in [2.05, 4.69) is 5.10 Å². The van der Waals surface area contributed by atoms with Gasteiger partial charge in [-0.2, -0.15) is 5.10 Å². The lowest BCUT2D eigenvalue weighted by molar-refractivity contribution is 0.0525. The summed E-state index contributed by atoms with van der Waals surface area (Å²) >= 11 is 6.07. The Balaban J connectivity index is 2.57. The number of rotatable bonds is 5. The summed E-state index contributed by atoms with van der Waals surface area (Å²) in [4.78, 5) is 12.0. The average molecular weight is 311 g/mol. The van der Waals surface area contributed by atoms with Gasteiger partial charge in [-0.1, -0.05) is 31.0 Å². The Labute approximate surface area is 127 Å². The molecule has 0 bridgehead atoms. The fourth-order valence-electron chi connectivity index (χ4n) is 2.11. The number of esters is 1. The van der Waals surface area contributed by atoms with Crippen LogP contribution in [0.25, 0.3) is 5.69 Å². The molecule has 0 saturated carbocycles. The molecule has 1 aromatic carbocycles. The van der Waals surface area contributed by atoms with Crippen LogP contribution in [0.2, 0.25) is 5.02 Å². The van der Waals surface area contributed by atoms with Gasteiger partial charge in [0.25, 0.3) is 0 Å². The molecule has 4 nitrogen and oxygen atoms in total. The molecule has 21 heavy (non-hydrogen) atoms. The zero-order valence-corrected chi connectivity index (χ0v) is 12.7. The topological polar surface area (TPSA) is 44.1 Å². The fourth-order valence-corrected chi connectivity index (χ4v) is 2.36. The highest BCUT2D eigenvalue weighted by atomic mass is 35.5. The third-order valence-corrected chi connectivity index (χ3v) is 3.31. The maximum absolute atomic E-state index is 14.1. The number of carbonyl (C=O) groups excluding carboxylic acids is 1. The SMILES string of the molecule is CCCc1c(C(=O)OCC)cnn1-c1c(F)cccc1Cl. The highest BCUT2D eigenvalue weighted by molar-refractivity contribution is 6.32. The van der Waals surface area contributed by atoms with E-state index in [0.717, 1.165) is 6.42 Å². The van der Waals surface area contributed by atoms with Crippen LogP contribution in [0, 0.1) is 5.82 Å². The lowest BCUT2D eigenvalue weighted by Gasteiger charge is -2.11. The van der Waals surface area contributed by atoms with Crippen molar-refractivity contribution in [3.63, 3.8) is 0 Å². The number of carbonyl (C=O) groups is 1. The molecule has 0 radical (unpaired) electrons. The second-order valence-electron chi connectivity index (χ2n) is 4.46. The molecule has 1 aromatic heterocycles. The number of para-hydroxylation sites is 1. The summed E-state index contributed by atoms with van der Waals surface area (Å²) < 4.78 is 20.4. The molecular weight excluding hydrogens is 295 g/mol. The smallest absolute Gasteiger partial charge is 0.341 e. The molecule has 2 aromatic rings. The third-order valence-electron chi connectivity index (χ3n) is 3.00. The number of aromatic nitrogens is 2. The van der Waals surface area contributed by atoms with Crippen LogP contribution in [0.5, 0.6) is 0 Å². The second kappa shape index (κ2) is 6.72. The highest BCUT2D eigenvalue weighted by Crippen LogP contribution is 2.26. The molecule has 0 aliphatic heterocycles. The quantitative estimate of drug-likeness (QED) is 0.789. The van der Waals surface area contributed by atoms with Crippen molar-refractivity contribution in [3.8, 4) is 5.69 Å². The van der Waals surface area contributed by atoms with E-state index >= 15 is 0 Å². The molecule has 0 N–H and O–H groups in total. The van der Waals surface area contributed by atoms with Crippen LogP contribution in [0.4, 0.5) is 4.39 Å². The van der Waals surface area contributed by atoms with Crippen molar-refractivity contribution < 1.29 is 13.9 Å². The predicted molar refractivity (Wildman–Crippen MR) is 78.5 cm³/mol. The Hall–Kier alpha value is -1.88. The zero-order valence-electron chi connectivity index (χ0n) is 11.9. The van der Waals surface area contributed by atoms with E-state index in [1.165, 1.54) is 23.0 Å². The Kier molecular flexibility index (Phi) is 4.96. The molecule has 6 heteroatoms. The van der Waals surface area contributed by atoms with E-state index in [-0.39, 0.29) is 17.3 Å². The minimum atomic E-state index is -0.488. The van der Waals surface area contributed by atoms with E-state index in [9.17, 15) is 9.18 Å². The summed E-state index contributed by atoms with van der Waals surface area (Å²) in [5, 5.41) is 4.36. The van der Waals surface area contributed by atoms with Crippen LogP contribution in [0.15, 0.2) is 24.4 Å². The van der Waals surface area contributed by atoms with E-state index in [0.29, 0.717) is 17.7 Å². The molecule has 1 heterocycles. The first kappa shape index (κ1) is 15.5. The van der Waals surface area contributed by atoms with E-state index in [1.807, 2.05) is 6.92 Å². The summed E-state index contributed by atoms with van der Waals surface area (Å²) in [6.45, 7) is 3.97. The first-order chi connectivity index (χ1) is 10.1. The first-order valence-electron chi connectivity index (χ1n) is 6.78. The molecule has 0 unspecified atom stereocenters.